The third-order valence-corrected chi connectivity index (χ3v) is 6.42. The second-order valence-electron chi connectivity index (χ2n) is 9.11. The first-order valence-corrected chi connectivity index (χ1v) is 11.5. The van der Waals surface area contributed by atoms with Crippen molar-refractivity contribution < 1.29 is 14.3 Å². The van der Waals surface area contributed by atoms with Crippen LogP contribution in [0.5, 0.6) is 5.75 Å². The quantitative estimate of drug-likeness (QED) is 0.588. The molecule has 2 aromatic rings. The standard InChI is InChI=1S/C25H32N2O3S/c1-6-13-26(22(28)16-25(2,3)4)17-23(29)27-14-11-21-20(12-15-31-21)24(27)18-7-9-19(30-5)10-8-18/h6-10,12,15,24H,1,11,13-14,16-17H2,2-5H3. The number of hydrogen-bond acceptors (Lipinski definition) is 4. The summed E-state index contributed by atoms with van der Waals surface area (Å²) in [5.41, 5.74) is 2.08. The molecule has 0 aliphatic carbocycles. The van der Waals surface area contributed by atoms with Crippen molar-refractivity contribution in [2.24, 2.45) is 5.41 Å². The predicted molar refractivity (Wildman–Crippen MR) is 125 cm³/mol. The maximum Gasteiger partial charge on any atom is 0.243 e. The zero-order valence-electron chi connectivity index (χ0n) is 18.9. The highest BCUT2D eigenvalue weighted by Gasteiger charge is 2.34. The Morgan fingerprint density at radius 1 is 1.26 bits per heavy atom. The highest BCUT2D eigenvalue weighted by molar-refractivity contribution is 7.10. The Hall–Kier alpha value is -2.60. The molecule has 0 spiro atoms. The van der Waals surface area contributed by atoms with E-state index in [0.717, 1.165) is 17.7 Å². The highest BCUT2D eigenvalue weighted by Crippen LogP contribution is 2.38. The molecule has 5 nitrogen and oxygen atoms in total. The lowest BCUT2D eigenvalue weighted by atomic mass is 9.91. The van der Waals surface area contributed by atoms with Crippen LogP contribution in [0, 0.1) is 5.41 Å². The van der Waals surface area contributed by atoms with E-state index >= 15 is 0 Å². The van der Waals surface area contributed by atoms with Crippen LogP contribution in [0.1, 0.15) is 49.2 Å². The smallest absolute Gasteiger partial charge is 0.243 e. The Kier molecular flexibility index (Phi) is 7.21. The van der Waals surface area contributed by atoms with Crippen LogP contribution in [0.2, 0.25) is 0 Å². The van der Waals surface area contributed by atoms with E-state index < -0.39 is 0 Å². The van der Waals surface area contributed by atoms with Crippen molar-refractivity contribution in [2.75, 3.05) is 26.7 Å². The minimum Gasteiger partial charge on any atom is -0.497 e. The number of carbonyl (C=O) groups excluding carboxylic acids is 2. The van der Waals surface area contributed by atoms with Gasteiger partial charge in [-0.25, -0.2) is 0 Å². The number of amides is 2. The van der Waals surface area contributed by atoms with E-state index in [9.17, 15) is 9.59 Å². The molecule has 0 N–H and O–H groups in total. The minimum atomic E-state index is -0.156. The lowest BCUT2D eigenvalue weighted by Crippen LogP contribution is -2.47. The number of ether oxygens (including phenoxy) is 1. The number of rotatable bonds is 7. The summed E-state index contributed by atoms with van der Waals surface area (Å²) >= 11 is 1.74. The molecule has 166 valence electrons. The van der Waals surface area contributed by atoms with Crippen molar-refractivity contribution in [1.82, 2.24) is 9.80 Å². The molecule has 0 saturated heterocycles. The van der Waals surface area contributed by atoms with Gasteiger partial charge in [-0.15, -0.1) is 17.9 Å². The average Bonchev–Trinajstić information content (AvgIpc) is 3.20. The van der Waals surface area contributed by atoms with Gasteiger partial charge < -0.3 is 14.5 Å². The number of thiophene rings is 1. The summed E-state index contributed by atoms with van der Waals surface area (Å²) in [6.45, 7) is 10.9. The summed E-state index contributed by atoms with van der Waals surface area (Å²) in [4.78, 5) is 31.2. The van der Waals surface area contributed by atoms with Gasteiger partial charge in [-0.2, -0.15) is 0 Å². The molecule has 31 heavy (non-hydrogen) atoms. The van der Waals surface area contributed by atoms with Crippen LogP contribution in [0.25, 0.3) is 0 Å². The first kappa shape index (κ1) is 23.1. The number of fused-ring (bicyclic) bond motifs is 1. The third kappa shape index (κ3) is 5.56. The van der Waals surface area contributed by atoms with Gasteiger partial charge in [0.05, 0.1) is 13.2 Å². The molecule has 1 aromatic heterocycles. The van der Waals surface area contributed by atoms with Crippen molar-refractivity contribution in [2.45, 2.75) is 39.7 Å². The molecule has 1 unspecified atom stereocenters. The van der Waals surface area contributed by atoms with E-state index in [4.69, 9.17) is 4.74 Å². The van der Waals surface area contributed by atoms with Gasteiger partial charge in [-0.1, -0.05) is 39.0 Å². The second kappa shape index (κ2) is 9.69. The maximum atomic E-state index is 13.5. The summed E-state index contributed by atoms with van der Waals surface area (Å²) in [7, 11) is 1.64. The molecule has 0 bridgehead atoms. The molecule has 1 atom stereocenters. The van der Waals surface area contributed by atoms with Crippen molar-refractivity contribution in [3.8, 4) is 5.75 Å². The van der Waals surface area contributed by atoms with Crippen LogP contribution in [-0.4, -0.2) is 48.4 Å². The molecule has 1 aliphatic rings. The fraction of sp³-hybridized carbons (Fsp3) is 0.440. The predicted octanol–water partition coefficient (Wildman–Crippen LogP) is 4.68. The summed E-state index contributed by atoms with van der Waals surface area (Å²) in [5, 5.41) is 2.09. The van der Waals surface area contributed by atoms with E-state index in [1.165, 1.54) is 10.4 Å². The fourth-order valence-corrected chi connectivity index (χ4v) is 4.86. The van der Waals surface area contributed by atoms with Crippen molar-refractivity contribution in [3.05, 3.63) is 64.4 Å². The van der Waals surface area contributed by atoms with E-state index in [2.05, 4.69) is 18.0 Å². The Morgan fingerprint density at radius 2 is 1.97 bits per heavy atom. The number of benzene rings is 1. The second-order valence-corrected chi connectivity index (χ2v) is 10.1. The van der Waals surface area contributed by atoms with Gasteiger partial charge in [0.15, 0.2) is 0 Å². The molecule has 0 radical (unpaired) electrons. The maximum absolute atomic E-state index is 13.5. The lowest BCUT2D eigenvalue weighted by molar-refractivity contribution is -0.142. The van der Waals surface area contributed by atoms with E-state index in [-0.39, 0.29) is 29.8 Å². The van der Waals surface area contributed by atoms with Gasteiger partial charge in [-0.3, -0.25) is 9.59 Å². The summed E-state index contributed by atoms with van der Waals surface area (Å²) in [5.74, 6) is 0.727. The van der Waals surface area contributed by atoms with Crippen LogP contribution < -0.4 is 4.74 Å². The van der Waals surface area contributed by atoms with Gasteiger partial charge in [0.2, 0.25) is 11.8 Å². The monoisotopic (exact) mass is 440 g/mol. The largest absolute Gasteiger partial charge is 0.497 e. The molecule has 0 saturated carbocycles. The molecule has 3 rings (SSSR count). The fourth-order valence-electron chi connectivity index (χ4n) is 3.96. The highest BCUT2D eigenvalue weighted by atomic mass is 32.1. The Balaban J connectivity index is 1.86. The molecule has 0 fully saturated rings. The van der Waals surface area contributed by atoms with Gasteiger partial charge in [0.25, 0.3) is 0 Å². The third-order valence-electron chi connectivity index (χ3n) is 5.43. The van der Waals surface area contributed by atoms with Crippen LogP contribution in [0.4, 0.5) is 0 Å². The Labute approximate surface area is 189 Å². The lowest BCUT2D eigenvalue weighted by Gasteiger charge is -2.37. The summed E-state index contributed by atoms with van der Waals surface area (Å²) in [6.07, 6.45) is 2.91. The van der Waals surface area contributed by atoms with Crippen molar-refractivity contribution >= 4 is 23.2 Å². The summed E-state index contributed by atoms with van der Waals surface area (Å²) < 4.78 is 5.30. The zero-order chi connectivity index (χ0) is 22.6. The first-order valence-electron chi connectivity index (χ1n) is 10.6. The number of nitrogens with zero attached hydrogens (tertiary/aromatic N) is 2. The topological polar surface area (TPSA) is 49.9 Å². The van der Waals surface area contributed by atoms with Crippen molar-refractivity contribution in [1.29, 1.82) is 0 Å². The molecular weight excluding hydrogens is 408 g/mol. The van der Waals surface area contributed by atoms with E-state index in [1.54, 1.807) is 29.4 Å². The van der Waals surface area contributed by atoms with Gasteiger partial charge in [-0.05, 0) is 46.5 Å². The van der Waals surface area contributed by atoms with E-state index in [0.29, 0.717) is 19.5 Å². The van der Waals surface area contributed by atoms with Crippen molar-refractivity contribution in [3.63, 3.8) is 0 Å². The normalized spacial score (nSPS) is 15.9. The first-order chi connectivity index (χ1) is 14.7. The molecular formula is C25H32N2O3S. The average molecular weight is 441 g/mol. The SMILES string of the molecule is C=CCN(CC(=O)N1CCc2sccc2C1c1ccc(OC)cc1)C(=O)CC(C)(C)C. The number of carbonyl (C=O) groups is 2. The Bertz CT molecular complexity index is 927. The molecule has 2 heterocycles. The van der Waals surface area contributed by atoms with E-state index in [1.807, 2.05) is 49.9 Å². The van der Waals surface area contributed by atoms with Crippen LogP contribution >= 0.6 is 11.3 Å². The minimum absolute atomic E-state index is 0.0185. The van der Waals surface area contributed by atoms with Gasteiger partial charge in [0, 0.05) is 24.4 Å². The van der Waals surface area contributed by atoms with Crippen LogP contribution in [0.3, 0.4) is 0 Å². The number of hydrogen-bond donors (Lipinski definition) is 0. The zero-order valence-corrected chi connectivity index (χ0v) is 19.7. The summed E-state index contributed by atoms with van der Waals surface area (Å²) in [6, 6.07) is 9.84. The van der Waals surface area contributed by atoms with Crippen LogP contribution in [-0.2, 0) is 16.0 Å². The molecule has 1 aliphatic heterocycles. The van der Waals surface area contributed by atoms with Crippen LogP contribution in [0.15, 0.2) is 48.4 Å². The molecule has 1 aromatic carbocycles. The van der Waals surface area contributed by atoms with Gasteiger partial charge >= 0.3 is 0 Å². The van der Waals surface area contributed by atoms with Gasteiger partial charge in [0.1, 0.15) is 12.3 Å². The molecule has 6 heteroatoms. The molecule has 2 amide bonds. The Morgan fingerprint density at radius 3 is 2.58 bits per heavy atom. The number of methoxy groups -OCH3 is 1.